The second-order valence-electron chi connectivity index (χ2n) is 9.76. The smallest absolute Gasteiger partial charge is 0.267 e. The summed E-state index contributed by atoms with van der Waals surface area (Å²) < 4.78 is 0. The van der Waals surface area contributed by atoms with Gasteiger partial charge in [0.25, 0.3) is 5.91 Å². The molecule has 1 aliphatic rings. The summed E-state index contributed by atoms with van der Waals surface area (Å²) >= 11 is 0. The lowest BCUT2D eigenvalue weighted by molar-refractivity contribution is -0.124. The molecule has 2 heterocycles. The maximum atomic E-state index is 11.4. The molecule has 4 aromatic rings. The minimum Gasteiger partial charge on any atom is -0.367 e. The molecule has 0 radical (unpaired) electrons. The normalized spacial score (nSPS) is 15.3. The van der Waals surface area contributed by atoms with Crippen LogP contribution in [0.3, 0.4) is 0 Å². The number of aromatic amines is 2. The zero-order valence-electron chi connectivity index (χ0n) is 21.0. The maximum absolute atomic E-state index is 11.4. The number of amides is 1. The van der Waals surface area contributed by atoms with Crippen LogP contribution >= 0.6 is 0 Å². The quantitative estimate of drug-likeness (QED) is 0.142. The lowest BCUT2D eigenvalue weighted by atomic mass is 10.0. The fraction of sp³-hybridized carbons (Fsp3) is 0.300. The highest BCUT2D eigenvalue weighted by molar-refractivity contribution is 5.90. The molecule has 0 spiro atoms. The maximum Gasteiger partial charge on any atom is 0.267 e. The zero-order chi connectivity index (χ0) is 25.1. The lowest BCUT2D eigenvalue weighted by Gasteiger charge is -2.30. The molecular formula is C30H34N4O2. The molecule has 2 aromatic heterocycles. The highest BCUT2D eigenvalue weighted by atomic mass is 16.5. The van der Waals surface area contributed by atoms with Gasteiger partial charge < -0.3 is 9.97 Å². The van der Waals surface area contributed by atoms with Crippen LogP contribution in [0.4, 0.5) is 0 Å². The number of rotatable bonds is 9. The summed E-state index contributed by atoms with van der Waals surface area (Å²) in [4.78, 5) is 20.8. The Labute approximate surface area is 212 Å². The highest BCUT2D eigenvalue weighted by Gasteiger charge is 2.28. The number of hydroxylamine groups is 1. The number of H-pyrrole nitrogens is 2. The summed E-state index contributed by atoms with van der Waals surface area (Å²) in [6, 6.07) is 13.4. The Bertz CT molecular complexity index is 1400. The van der Waals surface area contributed by atoms with E-state index < -0.39 is 5.91 Å². The summed E-state index contributed by atoms with van der Waals surface area (Å²) in [6.07, 6.45) is 13.6. The van der Waals surface area contributed by atoms with Crippen LogP contribution < -0.4 is 5.48 Å². The molecule has 0 saturated carbocycles. The molecule has 1 amide bonds. The van der Waals surface area contributed by atoms with Crippen LogP contribution in [-0.4, -0.2) is 32.5 Å². The van der Waals surface area contributed by atoms with Crippen LogP contribution in [0.15, 0.2) is 61.1 Å². The first-order chi connectivity index (χ1) is 17.6. The first-order valence-corrected chi connectivity index (χ1v) is 12.8. The Morgan fingerprint density at radius 2 is 2.00 bits per heavy atom. The molecule has 4 N–H and O–H groups in total. The van der Waals surface area contributed by atoms with Crippen molar-refractivity contribution >= 4 is 22.9 Å². The molecule has 186 valence electrons. The van der Waals surface area contributed by atoms with E-state index in [1.54, 1.807) is 11.6 Å². The Kier molecular flexibility index (Phi) is 7.07. The van der Waals surface area contributed by atoms with Gasteiger partial charge in [0, 0.05) is 54.7 Å². The number of nitrogens with zero attached hydrogens (tertiary/aromatic N) is 1. The van der Waals surface area contributed by atoms with Gasteiger partial charge in [-0.3, -0.25) is 14.9 Å². The molecule has 1 atom stereocenters. The van der Waals surface area contributed by atoms with Crippen LogP contribution in [-0.2, 0) is 30.6 Å². The standard InChI is InChI=1S/C30H34N4O2/c1-3-22-16-31-17-25(22)19-34(13-12-24-18-32-28-14-20(2)4-8-26(24)28)29-10-7-23-15-21(5-9-27(23)29)6-11-30(35)33-36/h4-6,8-9,11,14-18,29,31-32,36H,3,7,10,12-13,19H2,1-2H3,(H,33,35). The topological polar surface area (TPSA) is 84.2 Å². The van der Waals surface area contributed by atoms with Gasteiger partial charge in [-0.2, -0.15) is 0 Å². The second-order valence-corrected chi connectivity index (χ2v) is 9.76. The molecule has 6 heteroatoms. The number of carbonyl (C=O) groups excluding carboxylic acids is 1. The largest absolute Gasteiger partial charge is 0.367 e. The van der Waals surface area contributed by atoms with E-state index in [2.05, 4.69) is 83.7 Å². The summed E-state index contributed by atoms with van der Waals surface area (Å²) in [6.45, 7) is 6.22. The van der Waals surface area contributed by atoms with Gasteiger partial charge in [0.2, 0.25) is 0 Å². The monoisotopic (exact) mass is 482 g/mol. The Hall–Kier alpha value is -3.61. The zero-order valence-corrected chi connectivity index (χ0v) is 21.0. The molecular weight excluding hydrogens is 448 g/mol. The number of hydrogen-bond donors (Lipinski definition) is 4. The van der Waals surface area contributed by atoms with Crippen LogP contribution in [0, 0.1) is 6.92 Å². The van der Waals surface area contributed by atoms with Gasteiger partial charge in [0.15, 0.2) is 0 Å². The van der Waals surface area contributed by atoms with Gasteiger partial charge in [-0.25, -0.2) is 5.48 Å². The fourth-order valence-corrected chi connectivity index (χ4v) is 5.55. The first kappa shape index (κ1) is 24.1. The van der Waals surface area contributed by atoms with Crippen LogP contribution in [0.2, 0.25) is 0 Å². The molecule has 0 saturated heterocycles. The second kappa shape index (κ2) is 10.6. The summed E-state index contributed by atoms with van der Waals surface area (Å²) in [7, 11) is 0. The highest BCUT2D eigenvalue weighted by Crippen LogP contribution is 2.38. The van der Waals surface area contributed by atoms with Crippen molar-refractivity contribution in [2.45, 2.75) is 52.1 Å². The molecule has 2 aromatic carbocycles. The molecule has 6 nitrogen and oxygen atoms in total. The minimum atomic E-state index is -0.523. The van der Waals surface area contributed by atoms with Crippen LogP contribution in [0.5, 0.6) is 0 Å². The van der Waals surface area contributed by atoms with Crippen molar-refractivity contribution in [2.24, 2.45) is 0 Å². The predicted molar refractivity (Wildman–Crippen MR) is 144 cm³/mol. The number of carbonyl (C=O) groups is 1. The molecule has 1 aliphatic carbocycles. The lowest BCUT2D eigenvalue weighted by Crippen LogP contribution is -2.29. The summed E-state index contributed by atoms with van der Waals surface area (Å²) in [5.41, 5.74) is 11.9. The molecule has 5 rings (SSSR count). The van der Waals surface area contributed by atoms with Gasteiger partial charge in [-0.15, -0.1) is 0 Å². The minimum absolute atomic E-state index is 0.353. The van der Waals surface area contributed by atoms with E-state index in [-0.39, 0.29) is 0 Å². The van der Waals surface area contributed by atoms with Crippen molar-refractivity contribution in [3.63, 3.8) is 0 Å². The molecule has 36 heavy (non-hydrogen) atoms. The van der Waals surface area contributed by atoms with Gasteiger partial charge in [0.1, 0.15) is 0 Å². The third kappa shape index (κ3) is 5.01. The summed E-state index contributed by atoms with van der Waals surface area (Å²) in [5, 5.41) is 10.0. The third-order valence-electron chi connectivity index (χ3n) is 7.46. The van der Waals surface area contributed by atoms with E-state index >= 15 is 0 Å². The molecule has 0 bridgehead atoms. The molecule has 0 fully saturated rings. The fourth-order valence-electron chi connectivity index (χ4n) is 5.55. The van der Waals surface area contributed by atoms with Crippen molar-refractivity contribution in [3.8, 4) is 0 Å². The van der Waals surface area contributed by atoms with Crippen molar-refractivity contribution in [1.29, 1.82) is 0 Å². The van der Waals surface area contributed by atoms with E-state index in [9.17, 15) is 4.79 Å². The molecule has 0 aliphatic heterocycles. The van der Waals surface area contributed by atoms with Gasteiger partial charge in [-0.05, 0) is 83.7 Å². The molecule has 1 unspecified atom stereocenters. The van der Waals surface area contributed by atoms with E-state index in [0.29, 0.717) is 6.04 Å². The number of hydrogen-bond acceptors (Lipinski definition) is 3. The summed E-state index contributed by atoms with van der Waals surface area (Å²) in [5.74, 6) is -0.523. The Morgan fingerprint density at radius 1 is 1.14 bits per heavy atom. The number of nitrogens with one attached hydrogen (secondary N) is 3. The van der Waals surface area contributed by atoms with Crippen molar-refractivity contribution in [2.75, 3.05) is 6.54 Å². The van der Waals surface area contributed by atoms with Crippen LogP contribution in [0.1, 0.15) is 58.3 Å². The third-order valence-corrected chi connectivity index (χ3v) is 7.46. The number of aromatic nitrogens is 2. The average molecular weight is 483 g/mol. The van der Waals surface area contributed by atoms with Crippen molar-refractivity contribution < 1.29 is 10.0 Å². The van der Waals surface area contributed by atoms with Gasteiger partial charge in [-0.1, -0.05) is 37.3 Å². The van der Waals surface area contributed by atoms with Crippen molar-refractivity contribution in [1.82, 2.24) is 20.3 Å². The van der Waals surface area contributed by atoms with E-state index in [1.165, 1.54) is 50.4 Å². The van der Waals surface area contributed by atoms with Gasteiger partial charge in [0.05, 0.1) is 0 Å². The Morgan fingerprint density at radius 3 is 2.83 bits per heavy atom. The number of fused-ring (bicyclic) bond motifs is 2. The SMILES string of the molecule is CCc1c[nH]cc1CN(CCc1c[nH]c2cc(C)ccc12)C1CCc2cc(C=CC(=O)NO)ccc21. The van der Waals surface area contributed by atoms with E-state index in [4.69, 9.17) is 5.21 Å². The average Bonchev–Trinajstić information content (AvgIpc) is 3.62. The van der Waals surface area contributed by atoms with Crippen LogP contribution in [0.25, 0.3) is 17.0 Å². The Balaban J connectivity index is 1.40. The van der Waals surface area contributed by atoms with E-state index in [0.717, 1.165) is 44.3 Å². The predicted octanol–water partition coefficient (Wildman–Crippen LogP) is 5.62. The van der Waals surface area contributed by atoms with Crippen molar-refractivity contribution in [3.05, 3.63) is 100 Å². The van der Waals surface area contributed by atoms with E-state index in [1.807, 2.05) is 0 Å². The van der Waals surface area contributed by atoms with Gasteiger partial charge >= 0.3 is 0 Å². The number of benzene rings is 2. The number of aryl methyl sites for hydroxylation is 3. The first-order valence-electron chi connectivity index (χ1n) is 12.8.